The van der Waals surface area contributed by atoms with E-state index >= 15 is 0 Å². The Morgan fingerprint density at radius 3 is 2.00 bits per heavy atom. The van der Waals surface area contributed by atoms with Crippen molar-refractivity contribution >= 4 is 0 Å². The zero-order valence-electron chi connectivity index (χ0n) is 7.31. The molecule has 0 aliphatic heterocycles. The molecule has 0 saturated carbocycles. The molecule has 2 nitrogen and oxygen atoms in total. The van der Waals surface area contributed by atoms with Gasteiger partial charge in [-0.2, -0.15) is 13.2 Å². The minimum absolute atomic E-state index is 0. The maximum absolute atomic E-state index is 11.4. The van der Waals surface area contributed by atoms with E-state index in [-0.39, 0.29) is 29.6 Å². The molecule has 68 valence electrons. The largest absolute Gasteiger partial charge is 1.00 e. The minimum Gasteiger partial charge on any atom is -0.831 e. The van der Waals surface area contributed by atoms with Crippen LogP contribution >= 0.6 is 0 Å². The first kappa shape index (κ1) is 15.2. The molecule has 0 aromatic rings. The second-order valence-electron chi connectivity index (χ2n) is 2.54. The summed E-state index contributed by atoms with van der Waals surface area (Å²) in [7, 11) is 0. The minimum atomic E-state index is -4.41. The third-order valence-electron chi connectivity index (χ3n) is 0.956. The Balaban J connectivity index is 0. The van der Waals surface area contributed by atoms with E-state index in [0.717, 1.165) is 0 Å². The van der Waals surface area contributed by atoms with E-state index in [9.17, 15) is 18.3 Å². The topological polar surface area (TPSA) is 32.3 Å². The van der Waals surface area contributed by atoms with Crippen LogP contribution in [0.4, 0.5) is 13.2 Å². The molecule has 1 unspecified atom stereocenters. The maximum atomic E-state index is 11.4. The number of rotatable bonds is 3. The molecule has 0 aromatic carbocycles. The van der Waals surface area contributed by atoms with Gasteiger partial charge in [-0.3, -0.25) is 0 Å². The van der Waals surface area contributed by atoms with Gasteiger partial charge in [-0.05, 0) is 12.2 Å². The second kappa shape index (κ2) is 6.21. The molecule has 0 bridgehead atoms. The molecule has 0 spiro atoms. The van der Waals surface area contributed by atoms with Crippen molar-refractivity contribution in [1.82, 2.24) is 0 Å². The SMILES string of the molecule is CC(C)C([O-])OCC(F)(F)F.[Na+]. The predicted octanol–water partition coefficient (Wildman–Crippen LogP) is -2.09. The van der Waals surface area contributed by atoms with Gasteiger partial charge in [0.15, 0.2) is 0 Å². The van der Waals surface area contributed by atoms with Gasteiger partial charge >= 0.3 is 35.7 Å². The Kier molecular flexibility index (Phi) is 7.86. The molecule has 0 aliphatic carbocycles. The fraction of sp³-hybridized carbons (Fsp3) is 1.00. The monoisotopic (exact) mass is 194 g/mol. The Morgan fingerprint density at radius 2 is 1.75 bits per heavy atom. The van der Waals surface area contributed by atoms with Crippen molar-refractivity contribution in [2.75, 3.05) is 6.61 Å². The maximum Gasteiger partial charge on any atom is 1.00 e. The van der Waals surface area contributed by atoms with Gasteiger partial charge < -0.3 is 9.84 Å². The van der Waals surface area contributed by atoms with Crippen LogP contribution in [0.5, 0.6) is 0 Å². The molecule has 6 heteroatoms. The van der Waals surface area contributed by atoms with Crippen LogP contribution in [0.2, 0.25) is 0 Å². The van der Waals surface area contributed by atoms with Gasteiger partial charge in [0, 0.05) is 0 Å². The molecule has 0 aliphatic rings. The Hall–Kier alpha value is 0.710. The van der Waals surface area contributed by atoms with E-state index in [1.807, 2.05) is 0 Å². The second-order valence-corrected chi connectivity index (χ2v) is 2.54. The average molecular weight is 194 g/mol. The van der Waals surface area contributed by atoms with Gasteiger partial charge in [0.05, 0.1) is 0 Å². The van der Waals surface area contributed by atoms with Crippen LogP contribution in [0.15, 0.2) is 0 Å². The van der Waals surface area contributed by atoms with Gasteiger partial charge in [-0.1, -0.05) is 13.8 Å². The molecular formula is C6H10F3NaO2. The van der Waals surface area contributed by atoms with E-state index < -0.39 is 25.0 Å². The van der Waals surface area contributed by atoms with Crippen molar-refractivity contribution in [3.63, 3.8) is 0 Å². The van der Waals surface area contributed by atoms with E-state index in [1.165, 1.54) is 13.8 Å². The van der Waals surface area contributed by atoms with Crippen LogP contribution in [-0.2, 0) is 4.74 Å². The van der Waals surface area contributed by atoms with Crippen LogP contribution in [0.3, 0.4) is 0 Å². The summed E-state index contributed by atoms with van der Waals surface area (Å²) in [5.74, 6) is -0.433. The smallest absolute Gasteiger partial charge is 0.831 e. The predicted molar refractivity (Wildman–Crippen MR) is 30.6 cm³/mol. The molecule has 0 saturated heterocycles. The van der Waals surface area contributed by atoms with Crippen LogP contribution in [-0.4, -0.2) is 19.1 Å². The molecule has 0 amide bonds. The van der Waals surface area contributed by atoms with Gasteiger partial charge in [-0.25, -0.2) is 0 Å². The molecule has 0 heterocycles. The molecular weight excluding hydrogens is 184 g/mol. The fourth-order valence-corrected chi connectivity index (χ4v) is 0.369. The fourth-order valence-electron chi connectivity index (χ4n) is 0.369. The van der Waals surface area contributed by atoms with Crippen molar-refractivity contribution < 1.29 is 52.6 Å². The third-order valence-corrected chi connectivity index (χ3v) is 0.956. The average Bonchev–Trinajstić information content (AvgIpc) is 1.80. The van der Waals surface area contributed by atoms with Crippen LogP contribution in [0.1, 0.15) is 13.8 Å². The molecule has 0 rings (SSSR count). The molecule has 12 heavy (non-hydrogen) atoms. The quantitative estimate of drug-likeness (QED) is 0.381. The van der Waals surface area contributed by atoms with Gasteiger partial charge in [0.1, 0.15) is 6.61 Å². The van der Waals surface area contributed by atoms with E-state index in [4.69, 9.17) is 0 Å². The summed E-state index contributed by atoms with van der Waals surface area (Å²) in [5.41, 5.74) is 0. The van der Waals surface area contributed by atoms with E-state index in [0.29, 0.717) is 0 Å². The number of hydrogen-bond donors (Lipinski definition) is 0. The number of halogens is 3. The molecule has 0 fully saturated rings. The van der Waals surface area contributed by atoms with Gasteiger partial charge in [0.2, 0.25) is 0 Å². The van der Waals surface area contributed by atoms with E-state index in [2.05, 4.69) is 4.74 Å². The van der Waals surface area contributed by atoms with Crippen molar-refractivity contribution in [3.05, 3.63) is 0 Å². The molecule has 0 radical (unpaired) electrons. The number of ether oxygens (including phenoxy) is 1. The summed E-state index contributed by atoms with van der Waals surface area (Å²) in [5, 5.41) is 10.6. The molecule has 0 aromatic heterocycles. The first-order valence-corrected chi connectivity index (χ1v) is 3.17. The van der Waals surface area contributed by atoms with Crippen LogP contribution < -0.4 is 34.7 Å². The van der Waals surface area contributed by atoms with Gasteiger partial charge in [0.25, 0.3) is 0 Å². The zero-order valence-corrected chi connectivity index (χ0v) is 9.31. The Labute approximate surface area is 91.4 Å². The first-order valence-electron chi connectivity index (χ1n) is 3.17. The zero-order chi connectivity index (χ0) is 9.07. The normalized spacial score (nSPS) is 14.2. The number of alkyl halides is 3. The summed E-state index contributed by atoms with van der Waals surface area (Å²) in [6.45, 7) is 1.56. The van der Waals surface area contributed by atoms with Crippen molar-refractivity contribution in [3.8, 4) is 0 Å². The van der Waals surface area contributed by atoms with Crippen molar-refractivity contribution in [1.29, 1.82) is 0 Å². The van der Waals surface area contributed by atoms with Crippen LogP contribution in [0, 0.1) is 5.92 Å². The van der Waals surface area contributed by atoms with Gasteiger partial charge in [-0.15, -0.1) is 0 Å². The summed E-state index contributed by atoms with van der Waals surface area (Å²) >= 11 is 0. The Morgan fingerprint density at radius 1 is 1.33 bits per heavy atom. The van der Waals surface area contributed by atoms with Crippen LogP contribution in [0.25, 0.3) is 0 Å². The Bertz CT molecular complexity index is 116. The van der Waals surface area contributed by atoms with E-state index in [1.54, 1.807) is 0 Å². The molecule has 0 N–H and O–H groups in total. The number of hydrogen-bond acceptors (Lipinski definition) is 2. The molecule has 1 atom stereocenters. The summed E-state index contributed by atoms with van der Waals surface area (Å²) in [6, 6.07) is 0. The third kappa shape index (κ3) is 8.80. The summed E-state index contributed by atoms with van der Waals surface area (Å²) in [4.78, 5) is 0. The van der Waals surface area contributed by atoms with Crippen molar-refractivity contribution in [2.45, 2.75) is 26.3 Å². The summed E-state index contributed by atoms with van der Waals surface area (Å²) in [6.07, 6.45) is -5.99. The standard InChI is InChI=1S/C6H10F3O2.Na/c1-4(2)5(10)11-3-6(7,8)9;/h4-5H,3H2,1-2H3;/q-1;+1. The van der Waals surface area contributed by atoms with Crippen molar-refractivity contribution in [2.24, 2.45) is 5.92 Å². The summed E-state index contributed by atoms with van der Waals surface area (Å²) < 4.78 is 38.2. The first-order chi connectivity index (χ1) is 4.83.